The van der Waals surface area contributed by atoms with Gasteiger partial charge in [0.15, 0.2) is 0 Å². The lowest BCUT2D eigenvalue weighted by Crippen LogP contribution is -2.48. The molecular formula is C17H17N2O5S-. The first-order chi connectivity index (χ1) is 11.7. The van der Waals surface area contributed by atoms with Crippen LogP contribution in [0.2, 0.25) is 0 Å². The van der Waals surface area contributed by atoms with E-state index in [4.69, 9.17) is 0 Å². The van der Waals surface area contributed by atoms with Crippen molar-refractivity contribution in [2.45, 2.75) is 31.2 Å². The van der Waals surface area contributed by atoms with Crippen molar-refractivity contribution >= 4 is 38.4 Å². The number of carboxylic acid groups (broad SMARTS) is 1. The quantitative estimate of drug-likeness (QED) is 0.791. The van der Waals surface area contributed by atoms with E-state index < -0.39 is 22.0 Å². The molecule has 0 saturated heterocycles. The van der Waals surface area contributed by atoms with Gasteiger partial charge in [0.2, 0.25) is 10.0 Å². The van der Waals surface area contributed by atoms with Crippen LogP contribution in [0.1, 0.15) is 30.6 Å². The number of hydrogen-bond donors (Lipinski definition) is 2. The van der Waals surface area contributed by atoms with Gasteiger partial charge in [0, 0.05) is 22.0 Å². The number of carbonyl (C=O) groups excluding carboxylic acids is 2. The van der Waals surface area contributed by atoms with E-state index in [0.29, 0.717) is 22.0 Å². The van der Waals surface area contributed by atoms with E-state index in [9.17, 15) is 23.1 Å². The van der Waals surface area contributed by atoms with Crippen molar-refractivity contribution in [1.29, 1.82) is 0 Å². The van der Waals surface area contributed by atoms with Gasteiger partial charge in [0.05, 0.1) is 16.9 Å². The Labute approximate surface area is 145 Å². The summed E-state index contributed by atoms with van der Waals surface area (Å²) in [6.07, 6.45) is 0.114. The molecular weight excluding hydrogens is 344 g/mol. The van der Waals surface area contributed by atoms with Crippen LogP contribution in [0, 0.1) is 5.92 Å². The van der Waals surface area contributed by atoms with Crippen molar-refractivity contribution in [3.05, 3.63) is 35.9 Å². The maximum absolute atomic E-state index is 12.8. The number of benzene rings is 2. The number of amides is 1. The van der Waals surface area contributed by atoms with Crippen molar-refractivity contribution in [1.82, 2.24) is 4.72 Å². The number of sulfonamides is 1. The molecule has 7 nitrogen and oxygen atoms in total. The summed E-state index contributed by atoms with van der Waals surface area (Å²) < 4.78 is 27.7. The van der Waals surface area contributed by atoms with Crippen LogP contribution in [-0.4, -0.2) is 26.3 Å². The third-order valence-electron chi connectivity index (χ3n) is 4.07. The van der Waals surface area contributed by atoms with Crippen LogP contribution >= 0.6 is 0 Å². The Morgan fingerprint density at radius 2 is 1.96 bits per heavy atom. The molecule has 0 aromatic heterocycles. The lowest BCUT2D eigenvalue weighted by Gasteiger charge is -2.22. The SMILES string of the molecule is CC(C)CC(NS(=O)(=O)c1ccc2c3c(cccc13)C(=O)N2)C(=O)[O-]. The van der Waals surface area contributed by atoms with Gasteiger partial charge in [-0.25, -0.2) is 13.1 Å². The highest BCUT2D eigenvalue weighted by atomic mass is 32.2. The highest BCUT2D eigenvalue weighted by molar-refractivity contribution is 7.89. The number of aliphatic carboxylic acids is 1. The monoisotopic (exact) mass is 361 g/mol. The number of anilines is 1. The number of rotatable bonds is 6. The summed E-state index contributed by atoms with van der Waals surface area (Å²) in [6.45, 7) is 3.58. The van der Waals surface area contributed by atoms with E-state index >= 15 is 0 Å². The smallest absolute Gasteiger partial charge is 0.256 e. The minimum atomic E-state index is -4.11. The molecule has 2 aromatic carbocycles. The van der Waals surface area contributed by atoms with E-state index in [1.165, 1.54) is 12.1 Å². The molecule has 1 atom stereocenters. The fourth-order valence-electron chi connectivity index (χ4n) is 3.01. The van der Waals surface area contributed by atoms with Crippen LogP contribution in [-0.2, 0) is 14.8 Å². The molecule has 25 heavy (non-hydrogen) atoms. The van der Waals surface area contributed by atoms with E-state index in [0.717, 1.165) is 0 Å². The third kappa shape index (κ3) is 3.10. The molecule has 1 aliphatic rings. The standard InChI is InChI=1S/C17H18N2O5S/c1-9(2)8-13(17(21)22)19-25(23,24)14-7-6-12-15-10(14)4-3-5-11(15)16(20)18-12/h3-7,9,13,19H,8H2,1-2H3,(H,18,20)(H,21,22)/p-1. The summed E-state index contributed by atoms with van der Waals surface area (Å²) in [4.78, 5) is 23.1. The highest BCUT2D eigenvalue weighted by Gasteiger charge is 2.28. The predicted octanol–water partition coefficient (Wildman–Crippen LogP) is 0.848. The molecule has 0 bridgehead atoms. The van der Waals surface area contributed by atoms with Crippen LogP contribution in [0.15, 0.2) is 35.2 Å². The summed E-state index contributed by atoms with van der Waals surface area (Å²) >= 11 is 0. The molecule has 0 fully saturated rings. The highest BCUT2D eigenvalue weighted by Crippen LogP contribution is 2.36. The lowest BCUT2D eigenvalue weighted by molar-refractivity contribution is -0.308. The lowest BCUT2D eigenvalue weighted by atomic mass is 10.1. The minimum Gasteiger partial charge on any atom is -0.548 e. The maximum Gasteiger partial charge on any atom is 0.256 e. The van der Waals surface area contributed by atoms with E-state index in [-0.39, 0.29) is 23.1 Å². The molecule has 1 unspecified atom stereocenters. The second-order valence-electron chi connectivity index (χ2n) is 6.42. The molecule has 3 rings (SSSR count). The summed E-state index contributed by atoms with van der Waals surface area (Å²) in [5.74, 6) is -1.80. The van der Waals surface area contributed by atoms with Crippen LogP contribution in [0.3, 0.4) is 0 Å². The van der Waals surface area contributed by atoms with Crippen LogP contribution < -0.4 is 15.1 Å². The molecule has 1 amide bonds. The fraction of sp³-hybridized carbons (Fsp3) is 0.294. The van der Waals surface area contributed by atoms with Gasteiger partial charge in [0.25, 0.3) is 5.91 Å². The molecule has 1 heterocycles. The average molecular weight is 361 g/mol. The second kappa shape index (κ2) is 6.12. The van der Waals surface area contributed by atoms with Gasteiger partial charge in [-0.15, -0.1) is 0 Å². The number of hydrogen-bond acceptors (Lipinski definition) is 5. The zero-order valence-corrected chi connectivity index (χ0v) is 14.5. The van der Waals surface area contributed by atoms with Crippen molar-refractivity contribution in [2.75, 3.05) is 5.32 Å². The molecule has 0 aliphatic carbocycles. The van der Waals surface area contributed by atoms with Gasteiger partial charge >= 0.3 is 0 Å². The van der Waals surface area contributed by atoms with Gasteiger partial charge in [0.1, 0.15) is 0 Å². The fourth-order valence-corrected chi connectivity index (χ4v) is 4.41. The van der Waals surface area contributed by atoms with Crippen molar-refractivity contribution in [3.63, 3.8) is 0 Å². The Kier molecular flexibility index (Phi) is 4.26. The molecule has 2 N–H and O–H groups in total. The van der Waals surface area contributed by atoms with Gasteiger partial charge < -0.3 is 15.2 Å². The topological polar surface area (TPSA) is 115 Å². The van der Waals surface area contributed by atoms with Crippen molar-refractivity contribution in [2.24, 2.45) is 5.92 Å². The molecule has 0 saturated carbocycles. The summed E-state index contributed by atoms with van der Waals surface area (Å²) in [5, 5.41) is 14.8. The molecule has 2 aromatic rings. The van der Waals surface area contributed by atoms with Crippen LogP contribution in [0.25, 0.3) is 10.8 Å². The normalized spacial score (nSPS) is 14.8. The van der Waals surface area contributed by atoms with Gasteiger partial charge in [-0.1, -0.05) is 26.0 Å². The average Bonchev–Trinajstić information content (AvgIpc) is 2.84. The molecule has 0 spiro atoms. The first kappa shape index (κ1) is 17.4. The Balaban J connectivity index is 2.09. The summed E-state index contributed by atoms with van der Waals surface area (Å²) in [7, 11) is -4.11. The summed E-state index contributed by atoms with van der Waals surface area (Å²) in [5.41, 5.74) is 0.927. The predicted molar refractivity (Wildman–Crippen MR) is 90.5 cm³/mol. The Morgan fingerprint density at radius 1 is 1.24 bits per heavy atom. The Morgan fingerprint density at radius 3 is 2.60 bits per heavy atom. The van der Waals surface area contributed by atoms with Crippen molar-refractivity contribution in [3.8, 4) is 0 Å². The third-order valence-corrected chi connectivity index (χ3v) is 5.60. The van der Waals surface area contributed by atoms with Crippen molar-refractivity contribution < 1.29 is 23.1 Å². The van der Waals surface area contributed by atoms with E-state index in [1.54, 1.807) is 32.0 Å². The molecule has 1 aliphatic heterocycles. The number of carbonyl (C=O) groups is 2. The van der Waals surface area contributed by atoms with Gasteiger partial charge in [-0.3, -0.25) is 4.79 Å². The van der Waals surface area contributed by atoms with E-state index in [1.807, 2.05) is 0 Å². The molecule has 0 radical (unpaired) electrons. The Bertz CT molecular complexity index is 982. The summed E-state index contributed by atoms with van der Waals surface area (Å²) in [6, 6.07) is 6.33. The molecule has 8 heteroatoms. The number of carboxylic acids is 1. The largest absolute Gasteiger partial charge is 0.548 e. The first-order valence-electron chi connectivity index (χ1n) is 7.81. The van der Waals surface area contributed by atoms with Gasteiger partial charge in [-0.2, -0.15) is 0 Å². The molecule has 132 valence electrons. The second-order valence-corrected chi connectivity index (χ2v) is 8.10. The first-order valence-corrected chi connectivity index (χ1v) is 9.29. The maximum atomic E-state index is 12.8. The minimum absolute atomic E-state index is 0.0276. The zero-order chi connectivity index (χ0) is 18.4. The Hall–Kier alpha value is -2.45. The van der Waals surface area contributed by atoms with Crippen LogP contribution in [0.5, 0.6) is 0 Å². The van der Waals surface area contributed by atoms with E-state index in [2.05, 4.69) is 10.0 Å². The number of nitrogens with one attached hydrogen (secondary N) is 2. The zero-order valence-electron chi connectivity index (χ0n) is 13.7. The van der Waals surface area contributed by atoms with Crippen LogP contribution in [0.4, 0.5) is 5.69 Å². The van der Waals surface area contributed by atoms with Gasteiger partial charge in [-0.05, 0) is 30.5 Å².